The number of rotatable bonds is 6. The third-order valence-electron chi connectivity index (χ3n) is 3.68. The Labute approximate surface area is 149 Å². The number of nitrogens with zero attached hydrogens (tertiary/aromatic N) is 4. The van der Waals surface area contributed by atoms with Crippen LogP contribution in [0, 0.1) is 6.92 Å². The SMILES string of the molecule is Cc1cc(-c2nnc(CCC(=O)Nc3cccc(C(N)=O)c3)o2)n(C)n1. The number of nitrogens with two attached hydrogens (primary N) is 1. The van der Waals surface area contributed by atoms with E-state index in [4.69, 9.17) is 10.2 Å². The van der Waals surface area contributed by atoms with Crippen LogP contribution < -0.4 is 11.1 Å². The number of primary amides is 1. The van der Waals surface area contributed by atoms with Crippen LogP contribution in [0.5, 0.6) is 0 Å². The summed E-state index contributed by atoms with van der Waals surface area (Å²) in [6.45, 7) is 1.87. The second kappa shape index (κ2) is 7.18. The number of hydrogen-bond acceptors (Lipinski definition) is 6. The number of amides is 2. The van der Waals surface area contributed by atoms with Gasteiger partial charge in [0.25, 0.3) is 5.89 Å². The molecule has 2 aromatic heterocycles. The number of anilines is 1. The molecule has 0 atom stereocenters. The van der Waals surface area contributed by atoms with E-state index in [-0.39, 0.29) is 12.3 Å². The summed E-state index contributed by atoms with van der Waals surface area (Å²) >= 11 is 0. The first kappa shape index (κ1) is 17.3. The zero-order valence-electron chi connectivity index (χ0n) is 14.4. The van der Waals surface area contributed by atoms with Gasteiger partial charge in [-0.25, -0.2) is 0 Å². The summed E-state index contributed by atoms with van der Waals surface area (Å²) in [6, 6.07) is 8.28. The normalized spacial score (nSPS) is 10.7. The zero-order chi connectivity index (χ0) is 18.7. The molecule has 26 heavy (non-hydrogen) atoms. The smallest absolute Gasteiger partial charge is 0.265 e. The van der Waals surface area contributed by atoms with E-state index in [1.807, 2.05) is 13.0 Å². The predicted molar refractivity (Wildman–Crippen MR) is 93.1 cm³/mol. The van der Waals surface area contributed by atoms with Gasteiger partial charge < -0.3 is 15.5 Å². The third kappa shape index (κ3) is 3.94. The van der Waals surface area contributed by atoms with E-state index in [1.165, 1.54) is 6.07 Å². The summed E-state index contributed by atoms with van der Waals surface area (Å²) in [7, 11) is 1.79. The molecule has 9 heteroatoms. The lowest BCUT2D eigenvalue weighted by Gasteiger charge is -2.05. The summed E-state index contributed by atoms with van der Waals surface area (Å²) in [5, 5.41) is 14.9. The molecule has 0 fully saturated rings. The molecule has 0 spiro atoms. The van der Waals surface area contributed by atoms with Crippen molar-refractivity contribution in [1.29, 1.82) is 0 Å². The first-order chi connectivity index (χ1) is 12.4. The van der Waals surface area contributed by atoms with Crippen molar-refractivity contribution in [3.63, 3.8) is 0 Å². The summed E-state index contributed by atoms with van der Waals surface area (Å²) in [4.78, 5) is 23.2. The highest BCUT2D eigenvalue weighted by Crippen LogP contribution is 2.19. The largest absolute Gasteiger partial charge is 0.419 e. The van der Waals surface area contributed by atoms with E-state index in [9.17, 15) is 9.59 Å². The van der Waals surface area contributed by atoms with Crippen molar-refractivity contribution in [1.82, 2.24) is 20.0 Å². The fraction of sp³-hybridized carbons (Fsp3) is 0.235. The number of hydrogen-bond donors (Lipinski definition) is 2. The molecular weight excluding hydrogens is 336 g/mol. The van der Waals surface area contributed by atoms with E-state index in [2.05, 4.69) is 20.6 Å². The first-order valence-electron chi connectivity index (χ1n) is 7.95. The Morgan fingerprint density at radius 3 is 2.77 bits per heavy atom. The maximum atomic E-state index is 12.1. The minimum absolute atomic E-state index is 0.160. The lowest BCUT2D eigenvalue weighted by Crippen LogP contribution is -2.14. The number of benzene rings is 1. The molecule has 0 unspecified atom stereocenters. The Balaban J connectivity index is 1.59. The van der Waals surface area contributed by atoms with Gasteiger partial charge in [-0.2, -0.15) is 5.10 Å². The van der Waals surface area contributed by atoms with Gasteiger partial charge in [-0.15, -0.1) is 10.2 Å². The standard InChI is InChI=1S/C17H18N6O3/c1-10-8-13(23(2)22-10)17-21-20-15(26-17)7-6-14(24)19-12-5-3-4-11(9-12)16(18)25/h3-5,8-9H,6-7H2,1-2H3,(H2,18,25)(H,19,24). The second-order valence-corrected chi connectivity index (χ2v) is 5.79. The van der Waals surface area contributed by atoms with Crippen molar-refractivity contribution in [3.8, 4) is 11.6 Å². The molecule has 134 valence electrons. The predicted octanol–water partition coefficient (Wildman–Crippen LogP) is 1.45. The molecule has 0 aliphatic rings. The van der Waals surface area contributed by atoms with Crippen LogP contribution >= 0.6 is 0 Å². The molecule has 9 nitrogen and oxygen atoms in total. The fourth-order valence-corrected chi connectivity index (χ4v) is 2.46. The van der Waals surface area contributed by atoms with Gasteiger partial charge in [-0.3, -0.25) is 14.3 Å². The van der Waals surface area contributed by atoms with Gasteiger partial charge >= 0.3 is 0 Å². The Kier molecular flexibility index (Phi) is 4.78. The van der Waals surface area contributed by atoms with Crippen LogP contribution in [0.15, 0.2) is 34.7 Å². The number of carbonyl (C=O) groups excluding carboxylic acids is 2. The summed E-state index contributed by atoms with van der Waals surface area (Å²) in [5.41, 5.74) is 7.62. The Morgan fingerprint density at radius 2 is 2.08 bits per heavy atom. The van der Waals surface area contributed by atoms with Crippen LogP contribution in [0.3, 0.4) is 0 Å². The highest BCUT2D eigenvalue weighted by Gasteiger charge is 2.14. The molecule has 1 aromatic carbocycles. The number of aromatic nitrogens is 4. The minimum atomic E-state index is -0.551. The molecule has 2 amide bonds. The molecule has 0 aliphatic heterocycles. The van der Waals surface area contributed by atoms with E-state index in [0.29, 0.717) is 35.1 Å². The van der Waals surface area contributed by atoms with Gasteiger partial charge in [0.05, 0.1) is 5.69 Å². The Bertz CT molecular complexity index is 959. The van der Waals surface area contributed by atoms with Crippen molar-refractivity contribution >= 4 is 17.5 Å². The Hall–Kier alpha value is -3.49. The summed E-state index contributed by atoms with van der Waals surface area (Å²) < 4.78 is 7.25. The number of carbonyl (C=O) groups is 2. The average Bonchev–Trinajstić information content (AvgIpc) is 3.19. The van der Waals surface area contributed by atoms with Gasteiger partial charge in [0.15, 0.2) is 0 Å². The summed E-state index contributed by atoms with van der Waals surface area (Å²) in [5.74, 6) is -0.0646. The molecule has 0 saturated heterocycles. The topological polar surface area (TPSA) is 129 Å². The van der Waals surface area contributed by atoms with Gasteiger partial charge in [0, 0.05) is 31.1 Å². The molecule has 3 N–H and O–H groups in total. The van der Waals surface area contributed by atoms with Crippen LogP contribution in [0.4, 0.5) is 5.69 Å². The van der Waals surface area contributed by atoms with E-state index in [0.717, 1.165) is 5.69 Å². The zero-order valence-corrected chi connectivity index (χ0v) is 14.4. The quantitative estimate of drug-likeness (QED) is 0.689. The molecular formula is C17H18N6O3. The van der Waals surface area contributed by atoms with Crippen LogP contribution in [0.1, 0.15) is 28.4 Å². The molecule has 0 aliphatic carbocycles. The maximum Gasteiger partial charge on any atom is 0.265 e. The lowest BCUT2D eigenvalue weighted by atomic mass is 10.2. The monoisotopic (exact) mass is 354 g/mol. The lowest BCUT2D eigenvalue weighted by molar-refractivity contribution is -0.116. The van der Waals surface area contributed by atoms with Crippen molar-refractivity contribution in [2.75, 3.05) is 5.32 Å². The molecule has 3 rings (SSSR count). The first-order valence-corrected chi connectivity index (χ1v) is 7.95. The van der Waals surface area contributed by atoms with Gasteiger partial charge in [-0.05, 0) is 31.2 Å². The van der Waals surface area contributed by atoms with Gasteiger partial charge in [0.1, 0.15) is 5.69 Å². The number of aryl methyl sites for hydroxylation is 3. The van der Waals surface area contributed by atoms with Crippen molar-refractivity contribution in [2.45, 2.75) is 19.8 Å². The maximum absolute atomic E-state index is 12.1. The minimum Gasteiger partial charge on any atom is -0.419 e. The van der Waals surface area contributed by atoms with Gasteiger partial charge in [-0.1, -0.05) is 6.07 Å². The van der Waals surface area contributed by atoms with E-state index < -0.39 is 5.91 Å². The number of nitrogens with one attached hydrogen (secondary N) is 1. The molecule has 0 bridgehead atoms. The van der Waals surface area contributed by atoms with Crippen LogP contribution in [0.2, 0.25) is 0 Å². The van der Waals surface area contributed by atoms with Gasteiger partial charge in [0.2, 0.25) is 17.7 Å². The van der Waals surface area contributed by atoms with Crippen molar-refractivity contribution in [2.24, 2.45) is 12.8 Å². The molecule has 3 aromatic rings. The highest BCUT2D eigenvalue weighted by atomic mass is 16.4. The van der Waals surface area contributed by atoms with E-state index in [1.54, 1.807) is 29.9 Å². The Morgan fingerprint density at radius 1 is 1.27 bits per heavy atom. The molecule has 0 radical (unpaired) electrons. The van der Waals surface area contributed by atoms with Crippen LogP contribution in [-0.2, 0) is 18.3 Å². The highest BCUT2D eigenvalue weighted by molar-refractivity contribution is 5.96. The van der Waals surface area contributed by atoms with Crippen LogP contribution in [0.25, 0.3) is 11.6 Å². The van der Waals surface area contributed by atoms with Crippen molar-refractivity contribution in [3.05, 3.63) is 47.5 Å². The fourth-order valence-electron chi connectivity index (χ4n) is 2.46. The second-order valence-electron chi connectivity index (χ2n) is 5.79. The average molecular weight is 354 g/mol. The van der Waals surface area contributed by atoms with Crippen molar-refractivity contribution < 1.29 is 14.0 Å². The molecule has 2 heterocycles. The van der Waals surface area contributed by atoms with E-state index >= 15 is 0 Å². The molecule has 0 saturated carbocycles. The third-order valence-corrected chi connectivity index (χ3v) is 3.68. The summed E-state index contributed by atoms with van der Waals surface area (Å²) in [6.07, 6.45) is 0.456. The van der Waals surface area contributed by atoms with Crippen LogP contribution in [-0.4, -0.2) is 31.8 Å².